The third-order valence-corrected chi connectivity index (χ3v) is 3.11. The van der Waals surface area contributed by atoms with Crippen LogP contribution >= 0.6 is 0 Å². The zero-order valence-electron chi connectivity index (χ0n) is 12.1. The Balaban J connectivity index is 2.08. The van der Waals surface area contributed by atoms with E-state index in [0.717, 1.165) is 11.1 Å². The first-order chi connectivity index (χ1) is 9.72. The highest BCUT2D eigenvalue weighted by molar-refractivity contribution is 5.69. The number of hydrogen-bond donors (Lipinski definition) is 0. The van der Waals surface area contributed by atoms with Crippen LogP contribution in [0.4, 0.5) is 0 Å². The fourth-order valence-corrected chi connectivity index (χ4v) is 1.95. The molecule has 0 saturated heterocycles. The van der Waals surface area contributed by atoms with Gasteiger partial charge in [-0.2, -0.15) is 0 Å². The molecule has 0 aliphatic heterocycles. The zero-order valence-corrected chi connectivity index (χ0v) is 12.1. The maximum atomic E-state index is 5.22. The Hall–Kier alpha value is -1.97. The molecule has 20 heavy (non-hydrogen) atoms. The normalized spacial score (nSPS) is 11.4. The van der Waals surface area contributed by atoms with Gasteiger partial charge in [-0.15, -0.1) is 0 Å². The van der Waals surface area contributed by atoms with Crippen LogP contribution < -0.4 is 4.57 Å². The summed E-state index contributed by atoms with van der Waals surface area (Å²) in [5.74, 6) is 0. The van der Waals surface area contributed by atoms with Crippen LogP contribution in [0.25, 0.3) is 12.2 Å². The smallest absolute Gasteiger partial charge is 0.183 e. The third-order valence-electron chi connectivity index (χ3n) is 3.11. The van der Waals surface area contributed by atoms with Gasteiger partial charge in [0.15, 0.2) is 18.7 Å². The second-order valence-corrected chi connectivity index (χ2v) is 4.60. The van der Waals surface area contributed by atoms with E-state index in [-0.39, 0.29) is 6.29 Å². The van der Waals surface area contributed by atoms with Crippen LogP contribution in [0.5, 0.6) is 0 Å². The van der Waals surface area contributed by atoms with Gasteiger partial charge in [-0.05, 0) is 11.1 Å². The molecule has 0 spiro atoms. The van der Waals surface area contributed by atoms with E-state index in [2.05, 4.69) is 36.4 Å². The molecule has 0 unspecified atom stereocenters. The number of ether oxygens (including phenoxy) is 2. The summed E-state index contributed by atoms with van der Waals surface area (Å²) in [4.78, 5) is 0. The summed E-state index contributed by atoms with van der Waals surface area (Å²) >= 11 is 0. The highest BCUT2D eigenvalue weighted by Gasteiger charge is 2.07. The van der Waals surface area contributed by atoms with Gasteiger partial charge in [0.2, 0.25) is 0 Å². The molecule has 1 aromatic heterocycles. The van der Waals surface area contributed by atoms with Crippen LogP contribution in [0.15, 0.2) is 48.8 Å². The van der Waals surface area contributed by atoms with E-state index in [1.165, 1.54) is 5.56 Å². The van der Waals surface area contributed by atoms with E-state index in [1.807, 2.05) is 36.1 Å². The number of benzene rings is 1. The largest absolute Gasteiger partial charge is 0.352 e. The highest BCUT2D eigenvalue weighted by Crippen LogP contribution is 2.18. The summed E-state index contributed by atoms with van der Waals surface area (Å²) < 4.78 is 12.5. The van der Waals surface area contributed by atoms with Crippen molar-refractivity contribution in [3.8, 4) is 0 Å². The number of pyridine rings is 1. The predicted molar refractivity (Wildman–Crippen MR) is 79.7 cm³/mol. The lowest BCUT2D eigenvalue weighted by atomic mass is 10.1. The first-order valence-corrected chi connectivity index (χ1v) is 6.52. The zero-order chi connectivity index (χ0) is 14.4. The van der Waals surface area contributed by atoms with Crippen molar-refractivity contribution in [2.24, 2.45) is 7.05 Å². The fourth-order valence-electron chi connectivity index (χ4n) is 1.95. The van der Waals surface area contributed by atoms with Gasteiger partial charge < -0.3 is 9.47 Å². The average Bonchev–Trinajstić information content (AvgIpc) is 2.49. The summed E-state index contributed by atoms with van der Waals surface area (Å²) in [6.45, 7) is 0. The third kappa shape index (κ3) is 3.76. The van der Waals surface area contributed by atoms with Gasteiger partial charge in [-0.3, -0.25) is 0 Å². The summed E-state index contributed by atoms with van der Waals surface area (Å²) in [6, 6.07) is 12.3. The molecule has 2 aromatic rings. The summed E-state index contributed by atoms with van der Waals surface area (Å²) in [6.07, 6.45) is 7.95. The highest BCUT2D eigenvalue weighted by atomic mass is 16.7. The van der Waals surface area contributed by atoms with Gasteiger partial charge in [-0.1, -0.05) is 36.4 Å². The van der Waals surface area contributed by atoms with Crippen molar-refractivity contribution in [3.63, 3.8) is 0 Å². The van der Waals surface area contributed by atoms with Crippen molar-refractivity contribution in [3.05, 3.63) is 65.5 Å². The van der Waals surface area contributed by atoms with E-state index < -0.39 is 0 Å². The minimum absolute atomic E-state index is 0.304. The van der Waals surface area contributed by atoms with Crippen LogP contribution in [0.3, 0.4) is 0 Å². The Bertz CT molecular complexity index is 555. The molecule has 0 aliphatic rings. The molecule has 3 heteroatoms. The number of rotatable bonds is 5. The number of aryl methyl sites for hydroxylation is 1. The van der Waals surface area contributed by atoms with Gasteiger partial charge in [0.05, 0.1) is 0 Å². The molecule has 0 bridgehead atoms. The maximum Gasteiger partial charge on any atom is 0.183 e. The van der Waals surface area contributed by atoms with E-state index in [9.17, 15) is 0 Å². The van der Waals surface area contributed by atoms with Crippen LogP contribution in [0.2, 0.25) is 0 Å². The Morgan fingerprint density at radius 1 is 0.850 bits per heavy atom. The molecule has 1 aromatic carbocycles. The van der Waals surface area contributed by atoms with E-state index in [4.69, 9.17) is 9.47 Å². The van der Waals surface area contributed by atoms with E-state index in [1.54, 1.807) is 14.2 Å². The van der Waals surface area contributed by atoms with Gasteiger partial charge >= 0.3 is 0 Å². The summed E-state index contributed by atoms with van der Waals surface area (Å²) in [7, 11) is 5.28. The molecule has 0 saturated carbocycles. The molecule has 3 nitrogen and oxygen atoms in total. The molecule has 2 rings (SSSR count). The molecule has 0 fully saturated rings. The molecule has 104 valence electrons. The second-order valence-electron chi connectivity index (χ2n) is 4.60. The lowest BCUT2D eigenvalue weighted by Gasteiger charge is -2.13. The lowest BCUT2D eigenvalue weighted by Crippen LogP contribution is -2.25. The van der Waals surface area contributed by atoms with Crippen LogP contribution in [0, 0.1) is 0 Å². The summed E-state index contributed by atoms with van der Waals surface area (Å²) in [5, 5.41) is 0. The Morgan fingerprint density at radius 3 is 1.85 bits per heavy atom. The Kier molecular flexibility index (Phi) is 5.04. The van der Waals surface area contributed by atoms with Crippen molar-refractivity contribution in [2.75, 3.05) is 14.2 Å². The molecule has 0 N–H and O–H groups in total. The molecule has 0 aliphatic carbocycles. The Labute approximate surface area is 120 Å². The van der Waals surface area contributed by atoms with Crippen LogP contribution in [-0.4, -0.2) is 14.2 Å². The van der Waals surface area contributed by atoms with Crippen molar-refractivity contribution < 1.29 is 14.0 Å². The van der Waals surface area contributed by atoms with Crippen molar-refractivity contribution >= 4 is 12.2 Å². The fraction of sp³-hybridized carbons (Fsp3) is 0.235. The van der Waals surface area contributed by atoms with E-state index in [0.29, 0.717) is 0 Å². The van der Waals surface area contributed by atoms with Gasteiger partial charge in [0, 0.05) is 31.9 Å². The number of aromatic nitrogens is 1. The van der Waals surface area contributed by atoms with E-state index >= 15 is 0 Å². The molecular weight excluding hydrogens is 250 g/mol. The molecule has 1 heterocycles. The first kappa shape index (κ1) is 14.4. The minimum Gasteiger partial charge on any atom is -0.352 e. The van der Waals surface area contributed by atoms with Crippen molar-refractivity contribution in [2.45, 2.75) is 6.29 Å². The van der Waals surface area contributed by atoms with Crippen molar-refractivity contribution in [1.29, 1.82) is 0 Å². The molecule has 0 atom stereocenters. The quantitative estimate of drug-likeness (QED) is 0.615. The molecule has 0 radical (unpaired) electrons. The van der Waals surface area contributed by atoms with Gasteiger partial charge in [0.1, 0.15) is 7.05 Å². The predicted octanol–water partition coefficient (Wildman–Crippen LogP) is 2.97. The second kappa shape index (κ2) is 6.98. The monoisotopic (exact) mass is 270 g/mol. The Morgan fingerprint density at radius 2 is 1.35 bits per heavy atom. The van der Waals surface area contributed by atoms with Crippen LogP contribution in [0.1, 0.15) is 23.0 Å². The number of hydrogen-bond acceptors (Lipinski definition) is 2. The minimum atomic E-state index is -0.304. The molecular formula is C17H20NO2+. The van der Waals surface area contributed by atoms with Gasteiger partial charge in [0.25, 0.3) is 0 Å². The molecule has 0 amide bonds. The van der Waals surface area contributed by atoms with Gasteiger partial charge in [-0.25, -0.2) is 4.57 Å². The maximum absolute atomic E-state index is 5.22. The van der Waals surface area contributed by atoms with Crippen molar-refractivity contribution in [1.82, 2.24) is 0 Å². The number of methoxy groups -OCH3 is 2. The topological polar surface area (TPSA) is 22.3 Å². The average molecular weight is 270 g/mol. The van der Waals surface area contributed by atoms with Crippen LogP contribution in [-0.2, 0) is 16.5 Å². The SMILES string of the molecule is COC(OC)c1ccc(C=Cc2cc[n+](C)cc2)cc1. The first-order valence-electron chi connectivity index (χ1n) is 6.52. The summed E-state index contributed by atoms with van der Waals surface area (Å²) in [5.41, 5.74) is 3.34. The standard InChI is InChI=1S/C17H20NO2/c1-18-12-10-15(11-13-18)5-4-14-6-8-16(9-7-14)17(19-2)20-3/h4-13,17H,1-3H3/q+1. The lowest BCUT2D eigenvalue weighted by molar-refractivity contribution is -0.671. The number of nitrogens with zero attached hydrogens (tertiary/aromatic N) is 1.